The van der Waals surface area contributed by atoms with Crippen molar-refractivity contribution in [2.24, 2.45) is 5.73 Å². The van der Waals surface area contributed by atoms with E-state index in [1.165, 1.54) is 6.07 Å². The number of thiophene rings is 1. The van der Waals surface area contributed by atoms with Crippen LogP contribution in [-0.2, 0) is 16.6 Å². The average Bonchev–Trinajstić information content (AvgIpc) is 2.91. The molecule has 0 fully saturated rings. The lowest BCUT2D eigenvalue weighted by Crippen LogP contribution is -2.26. The van der Waals surface area contributed by atoms with Crippen LogP contribution in [0.3, 0.4) is 0 Å². The van der Waals surface area contributed by atoms with Gasteiger partial charge in [-0.3, -0.25) is 0 Å². The minimum Gasteiger partial charge on any atom is -0.326 e. The molecule has 0 saturated heterocycles. The highest BCUT2D eigenvalue weighted by Crippen LogP contribution is 2.23. The Kier molecular flexibility index (Phi) is 4.77. The standard InChI is InChI=1S/C14H17FN2O2S2/c1-9-3-4-12(6-13(9)15)10(2)17-21(18,19)14-5-11(7-16)8-20-14/h3-6,8,10,17H,7,16H2,1-2H3. The van der Waals surface area contributed by atoms with Gasteiger partial charge >= 0.3 is 0 Å². The Morgan fingerprint density at radius 3 is 2.67 bits per heavy atom. The van der Waals surface area contributed by atoms with Gasteiger partial charge in [0, 0.05) is 12.6 Å². The fourth-order valence-corrected chi connectivity index (χ4v) is 4.31. The van der Waals surface area contributed by atoms with Gasteiger partial charge in [0.25, 0.3) is 10.0 Å². The van der Waals surface area contributed by atoms with Crippen LogP contribution in [0.5, 0.6) is 0 Å². The molecule has 21 heavy (non-hydrogen) atoms. The number of nitrogens with two attached hydrogens (primary N) is 1. The average molecular weight is 328 g/mol. The molecule has 0 bridgehead atoms. The number of nitrogens with one attached hydrogen (secondary N) is 1. The Balaban J connectivity index is 2.21. The molecule has 0 saturated carbocycles. The van der Waals surface area contributed by atoms with Crippen molar-refractivity contribution in [2.75, 3.05) is 0 Å². The van der Waals surface area contributed by atoms with Crippen LogP contribution in [0.2, 0.25) is 0 Å². The molecule has 0 aliphatic rings. The molecule has 4 nitrogen and oxygen atoms in total. The summed E-state index contributed by atoms with van der Waals surface area (Å²) in [7, 11) is -3.63. The third kappa shape index (κ3) is 3.68. The molecule has 1 unspecified atom stereocenters. The summed E-state index contributed by atoms with van der Waals surface area (Å²) in [6.45, 7) is 3.64. The molecule has 3 N–H and O–H groups in total. The molecule has 0 aliphatic carbocycles. The van der Waals surface area contributed by atoms with E-state index in [4.69, 9.17) is 5.73 Å². The van der Waals surface area contributed by atoms with Crippen LogP contribution < -0.4 is 10.5 Å². The fourth-order valence-electron chi connectivity index (χ4n) is 1.84. The van der Waals surface area contributed by atoms with Crippen molar-refractivity contribution in [2.45, 2.75) is 30.6 Å². The second-order valence-electron chi connectivity index (χ2n) is 4.83. The number of hydrogen-bond donors (Lipinski definition) is 2. The largest absolute Gasteiger partial charge is 0.326 e. The lowest BCUT2D eigenvalue weighted by atomic mass is 10.1. The molecule has 2 rings (SSSR count). The summed E-state index contributed by atoms with van der Waals surface area (Å²) in [4.78, 5) is 0. The first-order valence-electron chi connectivity index (χ1n) is 6.39. The highest BCUT2D eigenvalue weighted by molar-refractivity contribution is 7.91. The molecule has 0 amide bonds. The molecule has 1 heterocycles. The topological polar surface area (TPSA) is 72.2 Å². The monoisotopic (exact) mass is 328 g/mol. The van der Waals surface area contributed by atoms with Gasteiger partial charge in [-0.1, -0.05) is 12.1 Å². The van der Waals surface area contributed by atoms with Crippen molar-refractivity contribution in [3.63, 3.8) is 0 Å². The zero-order valence-electron chi connectivity index (χ0n) is 11.8. The molecule has 1 aromatic heterocycles. The zero-order chi connectivity index (χ0) is 15.6. The number of benzene rings is 1. The molecular weight excluding hydrogens is 311 g/mol. The minimum atomic E-state index is -3.63. The summed E-state index contributed by atoms with van der Waals surface area (Å²) in [5.41, 5.74) is 7.36. The van der Waals surface area contributed by atoms with E-state index < -0.39 is 16.1 Å². The van der Waals surface area contributed by atoms with Crippen molar-refractivity contribution in [3.05, 3.63) is 52.2 Å². The van der Waals surface area contributed by atoms with Gasteiger partial charge in [0.1, 0.15) is 10.0 Å². The molecule has 7 heteroatoms. The Hall–Kier alpha value is -1.28. The van der Waals surface area contributed by atoms with Crippen molar-refractivity contribution in [1.82, 2.24) is 4.72 Å². The highest BCUT2D eigenvalue weighted by Gasteiger charge is 2.20. The molecule has 2 aromatic rings. The fraction of sp³-hybridized carbons (Fsp3) is 0.286. The van der Waals surface area contributed by atoms with Crippen LogP contribution in [0.1, 0.15) is 29.7 Å². The van der Waals surface area contributed by atoms with E-state index in [1.54, 1.807) is 37.4 Å². The summed E-state index contributed by atoms with van der Waals surface area (Å²) in [6, 6.07) is 5.73. The first kappa shape index (κ1) is 16.1. The molecular formula is C14H17FN2O2S2. The van der Waals surface area contributed by atoms with Crippen LogP contribution in [0.4, 0.5) is 4.39 Å². The van der Waals surface area contributed by atoms with Crippen LogP contribution in [0.25, 0.3) is 0 Å². The summed E-state index contributed by atoms with van der Waals surface area (Å²) in [5.74, 6) is -0.347. The predicted molar refractivity (Wildman–Crippen MR) is 82.1 cm³/mol. The third-order valence-corrected chi connectivity index (χ3v) is 6.19. The summed E-state index contributed by atoms with van der Waals surface area (Å²) >= 11 is 1.12. The van der Waals surface area contributed by atoms with E-state index in [0.29, 0.717) is 17.7 Å². The van der Waals surface area contributed by atoms with Crippen molar-refractivity contribution >= 4 is 21.4 Å². The number of aryl methyl sites for hydroxylation is 1. The van der Waals surface area contributed by atoms with E-state index in [0.717, 1.165) is 16.9 Å². The van der Waals surface area contributed by atoms with Crippen molar-refractivity contribution in [3.8, 4) is 0 Å². The number of halogens is 1. The van der Waals surface area contributed by atoms with Crippen LogP contribution in [-0.4, -0.2) is 8.42 Å². The maximum atomic E-state index is 13.6. The van der Waals surface area contributed by atoms with Crippen LogP contribution in [0.15, 0.2) is 33.9 Å². The number of hydrogen-bond acceptors (Lipinski definition) is 4. The number of rotatable bonds is 5. The Morgan fingerprint density at radius 1 is 1.38 bits per heavy atom. The Bertz CT molecular complexity index is 741. The van der Waals surface area contributed by atoms with Gasteiger partial charge < -0.3 is 5.73 Å². The zero-order valence-corrected chi connectivity index (χ0v) is 13.4. The summed E-state index contributed by atoms with van der Waals surface area (Å²) < 4.78 is 40.8. The van der Waals surface area contributed by atoms with E-state index >= 15 is 0 Å². The van der Waals surface area contributed by atoms with Gasteiger partial charge in [-0.2, -0.15) is 0 Å². The molecule has 1 aromatic carbocycles. The molecule has 0 radical (unpaired) electrons. The predicted octanol–water partition coefficient (Wildman–Crippen LogP) is 2.69. The SMILES string of the molecule is Cc1ccc(C(C)NS(=O)(=O)c2cc(CN)cs2)cc1F. The van der Waals surface area contributed by atoms with Gasteiger partial charge in [-0.25, -0.2) is 17.5 Å². The van der Waals surface area contributed by atoms with E-state index in [-0.39, 0.29) is 10.0 Å². The van der Waals surface area contributed by atoms with E-state index in [1.807, 2.05) is 0 Å². The number of sulfonamides is 1. The maximum absolute atomic E-state index is 13.6. The van der Waals surface area contributed by atoms with Crippen LogP contribution >= 0.6 is 11.3 Å². The smallest absolute Gasteiger partial charge is 0.250 e. The molecule has 114 valence electrons. The Labute approximate surface area is 127 Å². The summed E-state index contributed by atoms with van der Waals surface area (Å²) in [6.07, 6.45) is 0. The van der Waals surface area contributed by atoms with Crippen molar-refractivity contribution in [1.29, 1.82) is 0 Å². The van der Waals surface area contributed by atoms with Gasteiger partial charge in [-0.05, 0) is 48.1 Å². The van der Waals surface area contributed by atoms with Gasteiger partial charge in [0.05, 0.1) is 0 Å². The van der Waals surface area contributed by atoms with E-state index in [9.17, 15) is 12.8 Å². The quantitative estimate of drug-likeness (QED) is 0.886. The lowest BCUT2D eigenvalue weighted by molar-refractivity contribution is 0.566. The first-order chi connectivity index (χ1) is 9.83. The van der Waals surface area contributed by atoms with Crippen LogP contribution in [0, 0.1) is 12.7 Å². The Morgan fingerprint density at radius 2 is 2.10 bits per heavy atom. The minimum absolute atomic E-state index is 0.211. The second-order valence-corrected chi connectivity index (χ2v) is 7.68. The van der Waals surface area contributed by atoms with Gasteiger partial charge in [-0.15, -0.1) is 11.3 Å². The maximum Gasteiger partial charge on any atom is 0.250 e. The highest BCUT2D eigenvalue weighted by atomic mass is 32.2. The van der Waals surface area contributed by atoms with E-state index in [2.05, 4.69) is 4.72 Å². The van der Waals surface area contributed by atoms with Gasteiger partial charge in [0.15, 0.2) is 0 Å². The normalized spacial score (nSPS) is 13.3. The van der Waals surface area contributed by atoms with Gasteiger partial charge in [0.2, 0.25) is 0 Å². The first-order valence-corrected chi connectivity index (χ1v) is 8.75. The molecule has 0 spiro atoms. The van der Waals surface area contributed by atoms with Crippen molar-refractivity contribution < 1.29 is 12.8 Å². The second kappa shape index (κ2) is 6.23. The molecule has 1 atom stereocenters. The third-order valence-electron chi connectivity index (χ3n) is 3.16. The lowest BCUT2D eigenvalue weighted by Gasteiger charge is -2.14. The summed E-state index contributed by atoms with van der Waals surface area (Å²) in [5, 5.41) is 1.71. The molecule has 0 aliphatic heterocycles.